The highest BCUT2D eigenvalue weighted by molar-refractivity contribution is 7.93. The van der Waals surface area contributed by atoms with Crippen LogP contribution in [-0.4, -0.2) is 49.7 Å². The number of hydrogen-bond acceptors (Lipinski definition) is 8. The summed E-state index contributed by atoms with van der Waals surface area (Å²) in [5, 5.41) is 34.9. The van der Waals surface area contributed by atoms with Gasteiger partial charge < -0.3 is 15.3 Å². The molecular weight excluding hydrogens is 402 g/mol. The van der Waals surface area contributed by atoms with Crippen molar-refractivity contribution >= 4 is 26.1 Å². The van der Waals surface area contributed by atoms with Gasteiger partial charge in [0.15, 0.2) is 9.84 Å². The van der Waals surface area contributed by atoms with E-state index in [9.17, 15) is 23.7 Å². The fraction of sp³-hybridized carbons (Fsp3) is 0.444. The van der Waals surface area contributed by atoms with Gasteiger partial charge >= 0.3 is 0 Å². The first kappa shape index (κ1) is 19.3. The van der Waals surface area contributed by atoms with E-state index < -0.39 is 26.8 Å². The van der Waals surface area contributed by atoms with E-state index in [1.54, 1.807) is 31.4 Å². The number of aryl methyl sites for hydroxylation is 1. The Labute approximate surface area is 166 Å². The number of imidazole rings is 1. The molecule has 0 amide bonds. The van der Waals surface area contributed by atoms with Crippen molar-refractivity contribution in [3.8, 4) is 17.0 Å². The first-order valence-electron chi connectivity index (χ1n) is 8.78. The standard InChI is InChI=1S/C18H21N3O5S2/c1-10-14(21-16(19-10)27-15(20-21)17(2,3)24)11-4-5-12(23)13(8-11)28(25,26)18(9-22)6-7-18/h4-5,8,22-24H,6-7,9H2,1-3H3. The van der Waals surface area contributed by atoms with Crippen LogP contribution < -0.4 is 0 Å². The number of aliphatic hydroxyl groups excluding tert-OH is 1. The number of fused-ring (bicyclic) bond motifs is 1. The van der Waals surface area contributed by atoms with Gasteiger partial charge in [0.1, 0.15) is 26.0 Å². The second-order valence-corrected chi connectivity index (χ2v) is 11.0. The third kappa shape index (κ3) is 2.74. The zero-order valence-corrected chi connectivity index (χ0v) is 17.3. The Morgan fingerprint density at radius 3 is 2.57 bits per heavy atom. The quantitative estimate of drug-likeness (QED) is 0.573. The van der Waals surface area contributed by atoms with Crippen molar-refractivity contribution in [2.24, 2.45) is 0 Å². The second-order valence-electron chi connectivity index (χ2n) is 7.73. The van der Waals surface area contributed by atoms with Gasteiger partial charge in [0.25, 0.3) is 0 Å². The lowest BCUT2D eigenvalue weighted by Gasteiger charge is -2.15. The van der Waals surface area contributed by atoms with E-state index >= 15 is 0 Å². The van der Waals surface area contributed by atoms with E-state index in [0.717, 1.165) is 0 Å². The number of rotatable bonds is 5. The summed E-state index contributed by atoms with van der Waals surface area (Å²) < 4.78 is 26.3. The van der Waals surface area contributed by atoms with Gasteiger partial charge in [-0.15, -0.1) is 0 Å². The second kappa shape index (κ2) is 5.99. The smallest absolute Gasteiger partial charge is 0.213 e. The molecule has 1 aliphatic carbocycles. The Bertz CT molecular complexity index is 1180. The van der Waals surface area contributed by atoms with E-state index in [1.165, 1.54) is 23.5 Å². The molecule has 0 bridgehead atoms. The number of sulfone groups is 1. The maximum atomic E-state index is 13.0. The maximum absolute atomic E-state index is 13.0. The monoisotopic (exact) mass is 423 g/mol. The van der Waals surface area contributed by atoms with Gasteiger partial charge in [0, 0.05) is 5.56 Å². The Morgan fingerprint density at radius 1 is 1.32 bits per heavy atom. The van der Waals surface area contributed by atoms with Crippen LogP contribution in [0.2, 0.25) is 0 Å². The molecule has 2 aromatic heterocycles. The summed E-state index contributed by atoms with van der Waals surface area (Å²) in [7, 11) is -3.89. The highest BCUT2D eigenvalue weighted by atomic mass is 32.2. The van der Waals surface area contributed by atoms with Crippen LogP contribution in [0, 0.1) is 6.92 Å². The van der Waals surface area contributed by atoms with Gasteiger partial charge in [-0.1, -0.05) is 11.3 Å². The van der Waals surface area contributed by atoms with Gasteiger partial charge in [-0.3, -0.25) is 0 Å². The fourth-order valence-corrected chi connectivity index (χ4v) is 6.04. The Hall–Kier alpha value is -2.01. The van der Waals surface area contributed by atoms with Crippen molar-refractivity contribution < 1.29 is 23.7 Å². The molecular formula is C18H21N3O5S2. The minimum Gasteiger partial charge on any atom is -0.507 e. The molecule has 0 spiro atoms. The van der Waals surface area contributed by atoms with Crippen molar-refractivity contribution in [3.63, 3.8) is 0 Å². The summed E-state index contributed by atoms with van der Waals surface area (Å²) >= 11 is 1.25. The molecule has 0 saturated heterocycles. The largest absolute Gasteiger partial charge is 0.507 e. The van der Waals surface area contributed by atoms with Crippen molar-refractivity contribution in [1.29, 1.82) is 0 Å². The lowest BCUT2D eigenvalue weighted by Crippen LogP contribution is -2.27. The van der Waals surface area contributed by atoms with Gasteiger partial charge in [-0.05, 0) is 51.8 Å². The van der Waals surface area contributed by atoms with E-state index in [1.807, 2.05) is 0 Å². The van der Waals surface area contributed by atoms with Crippen molar-refractivity contribution in [1.82, 2.24) is 14.6 Å². The molecule has 1 saturated carbocycles. The molecule has 1 aliphatic rings. The van der Waals surface area contributed by atoms with Crippen LogP contribution in [-0.2, 0) is 15.4 Å². The Balaban J connectivity index is 1.90. The highest BCUT2D eigenvalue weighted by Crippen LogP contribution is 2.48. The van der Waals surface area contributed by atoms with Crippen LogP contribution >= 0.6 is 11.3 Å². The summed E-state index contributed by atoms with van der Waals surface area (Å²) in [5.41, 5.74) is 0.646. The molecule has 4 rings (SSSR count). The third-order valence-corrected chi connectivity index (χ3v) is 8.89. The van der Waals surface area contributed by atoms with Crippen LogP contribution in [0.15, 0.2) is 23.1 Å². The number of hydrogen-bond donors (Lipinski definition) is 3. The molecule has 3 aromatic rings. The van der Waals surface area contributed by atoms with Crippen LogP contribution in [0.3, 0.4) is 0 Å². The predicted molar refractivity (Wildman–Crippen MR) is 104 cm³/mol. The molecule has 150 valence electrons. The number of benzene rings is 1. The summed E-state index contributed by atoms with van der Waals surface area (Å²) in [5.74, 6) is -0.350. The zero-order chi connectivity index (χ0) is 20.5. The summed E-state index contributed by atoms with van der Waals surface area (Å²) in [6.07, 6.45) is 0.735. The fourth-order valence-electron chi connectivity index (χ4n) is 3.19. The topological polar surface area (TPSA) is 125 Å². The predicted octanol–water partition coefficient (Wildman–Crippen LogP) is 2.00. The molecule has 0 atom stereocenters. The highest BCUT2D eigenvalue weighted by Gasteiger charge is 2.55. The molecule has 28 heavy (non-hydrogen) atoms. The average Bonchev–Trinajstić information content (AvgIpc) is 3.22. The first-order chi connectivity index (χ1) is 13.0. The van der Waals surface area contributed by atoms with E-state index in [4.69, 9.17) is 0 Å². The Morgan fingerprint density at radius 2 is 2.00 bits per heavy atom. The molecule has 0 aliphatic heterocycles. The molecule has 0 unspecified atom stereocenters. The van der Waals surface area contributed by atoms with E-state index in [-0.39, 0.29) is 10.6 Å². The molecule has 1 fully saturated rings. The van der Waals surface area contributed by atoms with Gasteiger partial charge in [0.2, 0.25) is 4.96 Å². The van der Waals surface area contributed by atoms with Gasteiger partial charge in [-0.25, -0.2) is 17.9 Å². The van der Waals surface area contributed by atoms with Crippen LogP contribution in [0.1, 0.15) is 37.4 Å². The van der Waals surface area contributed by atoms with Crippen molar-refractivity contribution in [2.45, 2.75) is 48.9 Å². The minimum atomic E-state index is -3.89. The number of aliphatic hydroxyl groups is 2. The van der Waals surface area contributed by atoms with Gasteiger partial charge in [0.05, 0.1) is 18.0 Å². The lowest BCUT2D eigenvalue weighted by atomic mass is 10.1. The molecule has 8 nitrogen and oxygen atoms in total. The normalized spacial score (nSPS) is 16.6. The van der Waals surface area contributed by atoms with Crippen LogP contribution in [0.25, 0.3) is 16.2 Å². The number of phenols is 1. The van der Waals surface area contributed by atoms with Crippen LogP contribution in [0.5, 0.6) is 5.75 Å². The molecule has 2 heterocycles. The average molecular weight is 424 g/mol. The summed E-state index contributed by atoms with van der Waals surface area (Å²) in [6, 6.07) is 4.34. The van der Waals surface area contributed by atoms with Crippen molar-refractivity contribution in [3.05, 3.63) is 28.9 Å². The maximum Gasteiger partial charge on any atom is 0.213 e. The molecule has 1 aromatic carbocycles. The number of nitrogens with zero attached hydrogens (tertiary/aromatic N) is 3. The number of aromatic nitrogens is 3. The van der Waals surface area contributed by atoms with Crippen molar-refractivity contribution in [2.75, 3.05) is 6.61 Å². The molecule has 10 heteroatoms. The third-order valence-electron chi connectivity index (χ3n) is 5.09. The van der Waals surface area contributed by atoms with E-state index in [0.29, 0.717) is 39.8 Å². The number of phenolic OH excluding ortho intramolecular Hbond substituents is 1. The minimum absolute atomic E-state index is 0.205. The van der Waals surface area contributed by atoms with E-state index in [2.05, 4.69) is 10.1 Å². The van der Waals surface area contributed by atoms with Crippen LogP contribution in [0.4, 0.5) is 0 Å². The van der Waals surface area contributed by atoms with Gasteiger partial charge in [-0.2, -0.15) is 5.10 Å². The first-order valence-corrected chi connectivity index (χ1v) is 11.1. The molecule has 3 N–H and O–H groups in total. The molecule has 0 radical (unpaired) electrons. The lowest BCUT2D eigenvalue weighted by molar-refractivity contribution is 0.0773. The Kier molecular flexibility index (Phi) is 4.13. The number of aromatic hydroxyl groups is 1. The SMILES string of the molecule is Cc1nc2sc(C(C)(C)O)nn2c1-c1ccc(O)c(S(=O)(=O)C2(CO)CC2)c1. The zero-order valence-electron chi connectivity index (χ0n) is 15.7. The summed E-state index contributed by atoms with van der Waals surface area (Å²) in [6.45, 7) is 4.58. The summed E-state index contributed by atoms with van der Waals surface area (Å²) in [4.78, 5) is 4.85.